The van der Waals surface area contributed by atoms with Gasteiger partial charge in [-0.2, -0.15) is 4.98 Å². The number of halogens is 1. The van der Waals surface area contributed by atoms with E-state index in [1.165, 1.54) is 11.1 Å². The van der Waals surface area contributed by atoms with Gasteiger partial charge in [-0.15, -0.1) is 0 Å². The van der Waals surface area contributed by atoms with E-state index < -0.39 is 7.14 Å². The first-order valence-electron chi connectivity index (χ1n) is 14.9. The Morgan fingerprint density at radius 2 is 1.70 bits per heavy atom. The number of fused-ring (bicyclic) bond motifs is 2. The number of piperazine rings is 1. The molecule has 0 amide bonds. The molecule has 2 aromatic carbocycles. The number of likely N-dealkylation sites (N-methyl/N-ethyl adjacent to an activating group) is 1. The highest BCUT2D eigenvalue weighted by Gasteiger charge is 2.24. The third-order valence-corrected chi connectivity index (χ3v) is 10.4. The Balaban J connectivity index is 1.19. The molecule has 4 heterocycles. The van der Waals surface area contributed by atoms with Crippen LogP contribution in [-0.2, 0) is 17.5 Å². The Morgan fingerprint density at radius 1 is 0.932 bits per heavy atom. The number of methoxy groups -OCH3 is 1. The molecule has 0 bridgehead atoms. The molecule has 13 heteroatoms. The largest absolute Gasteiger partial charge is 0.495 e. The first-order valence-corrected chi connectivity index (χ1v) is 18.3. The molecule has 1 fully saturated rings. The van der Waals surface area contributed by atoms with Crippen molar-refractivity contribution in [3.63, 3.8) is 0 Å². The summed E-state index contributed by atoms with van der Waals surface area (Å²) in [7, 11) is 1.16. The number of rotatable bonds is 9. The van der Waals surface area contributed by atoms with Crippen LogP contribution in [0.4, 0.5) is 23.1 Å². The predicted molar refractivity (Wildman–Crippen MR) is 181 cm³/mol. The molecular weight excluding hydrogens is 641 g/mol. The number of nitrogens with zero attached hydrogens (tertiary/aromatic N) is 7. The van der Waals surface area contributed by atoms with Gasteiger partial charge in [0.25, 0.3) is 0 Å². The van der Waals surface area contributed by atoms with E-state index in [2.05, 4.69) is 75.4 Å². The molecule has 0 unspecified atom stereocenters. The van der Waals surface area contributed by atoms with Crippen molar-refractivity contribution in [2.24, 2.45) is 0 Å². The molecule has 44 heavy (non-hydrogen) atoms. The van der Waals surface area contributed by atoms with Crippen LogP contribution in [0.15, 0.2) is 47.3 Å². The molecule has 2 aliphatic rings. The monoisotopic (exact) mass is 679 g/mol. The maximum Gasteiger partial charge on any atom is 0.229 e. The van der Waals surface area contributed by atoms with E-state index >= 15 is 0 Å². The van der Waals surface area contributed by atoms with Crippen LogP contribution < -0.4 is 20.7 Å². The SMILES string of the molecule is COc1cc2c(cc1Nc1ncc(Br)c(Nc3ccc4nccnc4c3P(C)(C)=O)n1)CCN(CCN1CCN(C)CC1)C2. The quantitative estimate of drug-likeness (QED) is 0.243. The zero-order valence-corrected chi connectivity index (χ0v) is 28.2. The van der Waals surface area contributed by atoms with Crippen molar-refractivity contribution in [3.8, 4) is 5.75 Å². The van der Waals surface area contributed by atoms with E-state index in [1.807, 2.05) is 12.1 Å². The summed E-state index contributed by atoms with van der Waals surface area (Å²) in [6.07, 6.45) is 5.92. The average molecular weight is 681 g/mol. The van der Waals surface area contributed by atoms with Crippen LogP contribution in [0.3, 0.4) is 0 Å². The average Bonchev–Trinajstić information content (AvgIpc) is 3.01. The van der Waals surface area contributed by atoms with Gasteiger partial charge in [0.1, 0.15) is 24.2 Å². The van der Waals surface area contributed by atoms with E-state index in [0.29, 0.717) is 38.3 Å². The van der Waals surface area contributed by atoms with Crippen molar-refractivity contribution >= 4 is 62.6 Å². The van der Waals surface area contributed by atoms with Crippen LogP contribution >= 0.6 is 23.1 Å². The van der Waals surface area contributed by atoms with Gasteiger partial charge >= 0.3 is 0 Å². The molecule has 2 aliphatic heterocycles. The third kappa shape index (κ3) is 6.89. The predicted octanol–water partition coefficient (Wildman–Crippen LogP) is 4.53. The molecule has 1 saturated heterocycles. The maximum atomic E-state index is 13.4. The van der Waals surface area contributed by atoms with Gasteiger partial charge in [-0.05, 0) is 78.1 Å². The van der Waals surface area contributed by atoms with Crippen molar-refractivity contribution in [2.45, 2.75) is 13.0 Å². The lowest BCUT2D eigenvalue weighted by atomic mass is 9.98. The number of ether oxygens (including phenoxy) is 1. The molecule has 0 radical (unpaired) electrons. The molecular formula is C31H39BrN9O2P. The lowest BCUT2D eigenvalue weighted by molar-refractivity contribution is 0.131. The van der Waals surface area contributed by atoms with Crippen LogP contribution in [0.5, 0.6) is 5.75 Å². The lowest BCUT2D eigenvalue weighted by Crippen LogP contribution is -2.47. The van der Waals surface area contributed by atoms with Gasteiger partial charge in [0, 0.05) is 70.9 Å². The van der Waals surface area contributed by atoms with Gasteiger partial charge in [-0.3, -0.25) is 19.8 Å². The minimum absolute atomic E-state index is 0.414. The molecule has 0 aliphatic carbocycles. The number of nitrogens with one attached hydrogen (secondary N) is 2. The fraction of sp³-hybridized carbons (Fsp3) is 0.419. The highest BCUT2D eigenvalue weighted by atomic mass is 79.9. The Hall–Kier alpha value is -3.15. The first kappa shape index (κ1) is 30.9. The van der Waals surface area contributed by atoms with Gasteiger partial charge in [0.2, 0.25) is 5.95 Å². The Kier molecular flexibility index (Phi) is 9.16. The van der Waals surface area contributed by atoms with Crippen LogP contribution in [0, 0.1) is 0 Å². The minimum Gasteiger partial charge on any atom is -0.495 e. The fourth-order valence-electron chi connectivity index (χ4n) is 5.89. The van der Waals surface area contributed by atoms with E-state index in [0.717, 1.165) is 70.2 Å². The summed E-state index contributed by atoms with van der Waals surface area (Å²) in [5.41, 5.74) is 5.40. The second-order valence-corrected chi connectivity index (χ2v) is 15.9. The summed E-state index contributed by atoms with van der Waals surface area (Å²) in [5, 5.41) is 7.38. The number of hydrogen-bond acceptors (Lipinski definition) is 11. The second-order valence-electron chi connectivity index (χ2n) is 11.9. The van der Waals surface area contributed by atoms with E-state index in [-0.39, 0.29) is 0 Å². The minimum atomic E-state index is -2.72. The lowest BCUT2D eigenvalue weighted by Gasteiger charge is -2.35. The number of benzene rings is 2. The fourth-order valence-corrected chi connectivity index (χ4v) is 7.57. The molecule has 0 saturated carbocycles. The van der Waals surface area contributed by atoms with Crippen molar-refractivity contribution < 1.29 is 9.30 Å². The molecule has 6 rings (SSSR count). The highest BCUT2D eigenvalue weighted by Crippen LogP contribution is 2.41. The Labute approximate surface area is 266 Å². The van der Waals surface area contributed by atoms with Crippen molar-refractivity contribution in [1.82, 2.24) is 34.6 Å². The van der Waals surface area contributed by atoms with Gasteiger partial charge in [-0.25, -0.2) is 4.98 Å². The third-order valence-electron chi connectivity index (χ3n) is 8.34. The number of anilines is 4. The number of hydrogen-bond donors (Lipinski definition) is 2. The first-order chi connectivity index (χ1) is 21.2. The van der Waals surface area contributed by atoms with Crippen molar-refractivity contribution in [2.75, 3.05) is 83.9 Å². The van der Waals surface area contributed by atoms with Crippen LogP contribution in [-0.4, -0.2) is 108 Å². The van der Waals surface area contributed by atoms with Crippen molar-refractivity contribution in [3.05, 3.63) is 58.5 Å². The molecule has 11 nitrogen and oxygen atoms in total. The highest BCUT2D eigenvalue weighted by molar-refractivity contribution is 9.10. The molecule has 0 spiro atoms. The summed E-state index contributed by atoms with van der Waals surface area (Å²) in [6.45, 7) is 12.2. The Bertz CT molecular complexity index is 1710. The summed E-state index contributed by atoms with van der Waals surface area (Å²) in [6, 6.07) is 8.04. The van der Waals surface area contributed by atoms with Crippen molar-refractivity contribution in [1.29, 1.82) is 0 Å². The van der Waals surface area contributed by atoms with Gasteiger partial charge in [0.15, 0.2) is 0 Å². The van der Waals surface area contributed by atoms with E-state index in [4.69, 9.17) is 9.72 Å². The molecule has 0 atom stereocenters. The van der Waals surface area contributed by atoms with Crippen LogP contribution in [0.25, 0.3) is 11.0 Å². The topological polar surface area (TPSA) is 112 Å². The standard InChI is InChI=1S/C31H39BrN9O2P/c1-39-11-13-40(14-12-39)15-16-41-10-7-21-17-26(27(43-2)18-22(21)20-41)37-31-35-19-23(32)30(38-31)36-25-6-5-24-28(34-9-8-33-24)29(25)44(3,4)42/h5-6,8-9,17-19H,7,10-16,20H2,1-4H3,(H2,35,36,37,38). The van der Waals surface area contributed by atoms with Crippen LogP contribution in [0.2, 0.25) is 0 Å². The summed E-state index contributed by atoms with van der Waals surface area (Å²) in [4.78, 5) is 25.7. The maximum absolute atomic E-state index is 13.4. The van der Waals surface area contributed by atoms with Gasteiger partial charge in [0.05, 0.1) is 33.8 Å². The zero-order valence-electron chi connectivity index (χ0n) is 25.7. The smallest absolute Gasteiger partial charge is 0.229 e. The summed E-state index contributed by atoms with van der Waals surface area (Å²) in [5.74, 6) is 1.70. The zero-order chi connectivity index (χ0) is 30.8. The molecule has 4 aromatic rings. The normalized spacial score (nSPS) is 16.6. The van der Waals surface area contributed by atoms with Gasteiger partial charge < -0.3 is 24.8 Å². The Morgan fingerprint density at radius 3 is 2.48 bits per heavy atom. The summed E-state index contributed by atoms with van der Waals surface area (Å²) < 4.78 is 19.9. The second kappa shape index (κ2) is 13.1. The van der Waals surface area contributed by atoms with E-state index in [9.17, 15) is 4.57 Å². The molecule has 2 aromatic heterocycles. The van der Waals surface area contributed by atoms with Gasteiger partial charge in [-0.1, -0.05) is 0 Å². The molecule has 2 N–H and O–H groups in total. The molecule has 232 valence electrons. The summed E-state index contributed by atoms with van der Waals surface area (Å²) >= 11 is 3.58. The van der Waals surface area contributed by atoms with E-state index in [1.54, 1.807) is 39.0 Å². The number of aromatic nitrogens is 4. The van der Waals surface area contributed by atoms with Crippen LogP contribution in [0.1, 0.15) is 11.1 Å².